The Morgan fingerprint density at radius 1 is 1.58 bits per heavy atom. The standard InChI is InChI=1S/C13H18N2O3S/c1-2-18-12-5-3-4-11(13(12)15(16)17)14-8-10-6-7-19-9-10/h3-5,10,14H,2,6-9H2,1H3. The van der Waals surface area contributed by atoms with Gasteiger partial charge in [0.2, 0.25) is 0 Å². The first-order chi connectivity index (χ1) is 9.22. The van der Waals surface area contributed by atoms with Crippen LogP contribution < -0.4 is 10.1 Å². The minimum absolute atomic E-state index is 0.0370. The van der Waals surface area contributed by atoms with Gasteiger partial charge in [0.25, 0.3) is 0 Å². The molecule has 0 radical (unpaired) electrons. The fourth-order valence-electron chi connectivity index (χ4n) is 2.12. The molecule has 1 N–H and O–H groups in total. The van der Waals surface area contributed by atoms with Crippen molar-refractivity contribution in [3.8, 4) is 5.75 Å². The summed E-state index contributed by atoms with van der Waals surface area (Å²) in [5.41, 5.74) is 0.586. The van der Waals surface area contributed by atoms with Crippen molar-refractivity contribution < 1.29 is 9.66 Å². The van der Waals surface area contributed by atoms with Crippen LogP contribution in [0, 0.1) is 16.0 Å². The third-order valence-electron chi connectivity index (χ3n) is 3.09. The molecule has 0 saturated carbocycles. The molecule has 5 nitrogen and oxygen atoms in total. The Morgan fingerprint density at radius 3 is 3.05 bits per heavy atom. The molecule has 2 rings (SSSR count). The van der Waals surface area contributed by atoms with E-state index in [0.29, 0.717) is 24.0 Å². The third-order valence-corrected chi connectivity index (χ3v) is 4.32. The highest BCUT2D eigenvalue weighted by molar-refractivity contribution is 7.99. The van der Waals surface area contributed by atoms with Crippen LogP contribution in [0.15, 0.2) is 18.2 Å². The predicted octanol–water partition coefficient (Wildman–Crippen LogP) is 3.16. The van der Waals surface area contributed by atoms with Crippen LogP contribution in [-0.4, -0.2) is 29.6 Å². The molecule has 1 atom stereocenters. The van der Waals surface area contributed by atoms with Crippen LogP contribution >= 0.6 is 11.8 Å². The third kappa shape index (κ3) is 3.53. The van der Waals surface area contributed by atoms with E-state index in [-0.39, 0.29) is 10.6 Å². The Kier molecular flexibility index (Phi) is 4.90. The highest BCUT2D eigenvalue weighted by Crippen LogP contribution is 2.35. The maximum atomic E-state index is 11.2. The normalized spacial score (nSPS) is 18.3. The first-order valence-electron chi connectivity index (χ1n) is 6.44. The number of nitrogens with zero attached hydrogens (tertiary/aromatic N) is 1. The van der Waals surface area contributed by atoms with Crippen LogP contribution in [0.25, 0.3) is 0 Å². The molecule has 6 heteroatoms. The van der Waals surface area contributed by atoms with Crippen molar-refractivity contribution in [2.75, 3.05) is 30.0 Å². The molecule has 1 aliphatic rings. The number of nitro groups is 1. The van der Waals surface area contributed by atoms with Crippen LogP contribution in [0.2, 0.25) is 0 Å². The molecule has 1 aliphatic heterocycles. The molecule has 0 bridgehead atoms. The minimum Gasteiger partial charge on any atom is -0.487 e. The highest BCUT2D eigenvalue weighted by Gasteiger charge is 2.22. The lowest BCUT2D eigenvalue weighted by Gasteiger charge is -2.13. The summed E-state index contributed by atoms with van der Waals surface area (Å²) in [5, 5.41) is 14.4. The van der Waals surface area contributed by atoms with Crippen LogP contribution in [-0.2, 0) is 0 Å². The van der Waals surface area contributed by atoms with Gasteiger partial charge in [-0.25, -0.2) is 0 Å². The second kappa shape index (κ2) is 6.65. The lowest BCUT2D eigenvalue weighted by Crippen LogP contribution is -2.14. The maximum absolute atomic E-state index is 11.2. The van der Waals surface area contributed by atoms with E-state index in [0.717, 1.165) is 12.3 Å². The number of hydrogen-bond acceptors (Lipinski definition) is 5. The van der Waals surface area contributed by atoms with Crippen LogP contribution in [0.1, 0.15) is 13.3 Å². The van der Waals surface area contributed by atoms with Crippen molar-refractivity contribution in [1.29, 1.82) is 0 Å². The molecule has 1 saturated heterocycles. The molecule has 1 aromatic carbocycles. The topological polar surface area (TPSA) is 64.4 Å². The van der Waals surface area contributed by atoms with Crippen LogP contribution in [0.3, 0.4) is 0 Å². The van der Waals surface area contributed by atoms with Crippen LogP contribution in [0.4, 0.5) is 11.4 Å². The highest BCUT2D eigenvalue weighted by atomic mass is 32.2. The molecule has 0 aliphatic carbocycles. The lowest BCUT2D eigenvalue weighted by atomic mass is 10.1. The Labute approximate surface area is 116 Å². The van der Waals surface area contributed by atoms with Gasteiger partial charge < -0.3 is 10.1 Å². The fraction of sp³-hybridized carbons (Fsp3) is 0.538. The van der Waals surface area contributed by atoms with Crippen molar-refractivity contribution >= 4 is 23.1 Å². The monoisotopic (exact) mass is 282 g/mol. The zero-order chi connectivity index (χ0) is 13.7. The summed E-state index contributed by atoms with van der Waals surface area (Å²) < 4.78 is 5.32. The molecule has 104 valence electrons. The van der Waals surface area contributed by atoms with Crippen molar-refractivity contribution in [3.63, 3.8) is 0 Å². The smallest absolute Gasteiger partial charge is 0.333 e. The van der Waals surface area contributed by atoms with Crippen molar-refractivity contribution in [2.24, 2.45) is 5.92 Å². The molecule has 19 heavy (non-hydrogen) atoms. The summed E-state index contributed by atoms with van der Waals surface area (Å²) in [6.45, 7) is 3.02. The molecular formula is C13H18N2O3S. The summed E-state index contributed by atoms with van der Waals surface area (Å²) in [6.07, 6.45) is 1.18. The van der Waals surface area contributed by atoms with E-state index in [9.17, 15) is 10.1 Å². The fourth-order valence-corrected chi connectivity index (χ4v) is 3.41. The van der Waals surface area contributed by atoms with Crippen molar-refractivity contribution in [3.05, 3.63) is 28.3 Å². The molecule has 1 heterocycles. The number of nitro benzene ring substituents is 1. The van der Waals surface area contributed by atoms with E-state index in [4.69, 9.17) is 4.74 Å². The van der Waals surface area contributed by atoms with E-state index in [1.807, 2.05) is 18.7 Å². The zero-order valence-corrected chi connectivity index (χ0v) is 11.7. The number of hydrogen-bond donors (Lipinski definition) is 1. The quantitative estimate of drug-likeness (QED) is 0.641. The van der Waals surface area contributed by atoms with Gasteiger partial charge in [0, 0.05) is 6.54 Å². The summed E-state index contributed by atoms with van der Waals surface area (Å²) in [4.78, 5) is 10.8. The van der Waals surface area contributed by atoms with Gasteiger partial charge in [-0.05, 0) is 42.9 Å². The van der Waals surface area contributed by atoms with Gasteiger partial charge in [0.05, 0.1) is 11.5 Å². The number of thioether (sulfide) groups is 1. The van der Waals surface area contributed by atoms with Gasteiger partial charge in [0.15, 0.2) is 5.75 Å². The van der Waals surface area contributed by atoms with Gasteiger partial charge in [-0.3, -0.25) is 10.1 Å². The average Bonchev–Trinajstić information content (AvgIpc) is 2.89. The average molecular weight is 282 g/mol. The van der Waals surface area contributed by atoms with E-state index in [1.165, 1.54) is 12.2 Å². The Hall–Kier alpha value is -1.43. The van der Waals surface area contributed by atoms with Crippen molar-refractivity contribution in [2.45, 2.75) is 13.3 Å². The largest absolute Gasteiger partial charge is 0.487 e. The SMILES string of the molecule is CCOc1cccc(NCC2CCSC2)c1[N+](=O)[O-]. The predicted molar refractivity (Wildman–Crippen MR) is 78.2 cm³/mol. The Morgan fingerprint density at radius 2 is 2.42 bits per heavy atom. The number of rotatable bonds is 6. The zero-order valence-electron chi connectivity index (χ0n) is 10.9. The summed E-state index contributed by atoms with van der Waals surface area (Å²) in [6, 6.07) is 5.16. The molecule has 0 amide bonds. The number of para-hydroxylation sites is 1. The molecule has 1 unspecified atom stereocenters. The van der Waals surface area contributed by atoms with Gasteiger partial charge in [-0.15, -0.1) is 0 Å². The number of nitrogens with one attached hydrogen (secondary N) is 1. The van der Waals surface area contributed by atoms with Crippen molar-refractivity contribution in [1.82, 2.24) is 0 Å². The molecule has 0 aromatic heterocycles. The number of benzene rings is 1. The molecule has 0 spiro atoms. The summed E-state index contributed by atoms with van der Waals surface area (Å²) >= 11 is 1.94. The first-order valence-corrected chi connectivity index (χ1v) is 7.59. The number of ether oxygens (including phenoxy) is 1. The summed E-state index contributed by atoms with van der Waals surface area (Å²) in [7, 11) is 0. The van der Waals surface area contributed by atoms with Gasteiger partial charge in [-0.2, -0.15) is 11.8 Å². The molecular weight excluding hydrogens is 264 g/mol. The van der Waals surface area contributed by atoms with E-state index < -0.39 is 0 Å². The Bertz CT molecular complexity index is 448. The Balaban J connectivity index is 2.13. The van der Waals surface area contributed by atoms with Gasteiger partial charge in [-0.1, -0.05) is 6.07 Å². The van der Waals surface area contributed by atoms with E-state index >= 15 is 0 Å². The van der Waals surface area contributed by atoms with Crippen LogP contribution in [0.5, 0.6) is 5.75 Å². The van der Waals surface area contributed by atoms with E-state index in [2.05, 4.69) is 5.32 Å². The maximum Gasteiger partial charge on any atom is 0.333 e. The summed E-state index contributed by atoms with van der Waals surface area (Å²) in [5.74, 6) is 3.25. The number of anilines is 1. The first kappa shape index (κ1) is 14.0. The minimum atomic E-state index is -0.378. The van der Waals surface area contributed by atoms with Gasteiger partial charge in [0.1, 0.15) is 5.69 Å². The molecule has 1 aromatic rings. The van der Waals surface area contributed by atoms with E-state index in [1.54, 1.807) is 18.2 Å². The molecule has 1 fully saturated rings. The van der Waals surface area contributed by atoms with Gasteiger partial charge >= 0.3 is 5.69 Å². The second-order valence-electron chi connectivity index (χ2n) is 4.45. The lowest BCUT2D eigenvalue weighted by molar-refractivity contribution is -0.384. The second-order valence-corrected chi connectivity index (χ2v) is 5.60.